The van der Waals surface area contributed by atoms with Crippen molar-refractivity contribution >= 4 is 65.5 Å². The van der Waals surface area contributed by atoms with Crippen molar-refractivity contribution < 1.29 is 17.9 Å². The number of ether oxygens (including phenoxy) is 1. The van der Waals surface area contributed by atoms with E-state index in [1.807, 2.05) is 26.0 Å². The van der Waals surface area contributed by atoms with E-state index < -0.39 is 9.84 Å². The molecule has 11 nitrogen and oxygen atoms in total. The van der Waals surface area contributed by atoms with E-state index in [-0.39, 0.29) is 46.5 Å². The summed E-state index contributed by atoms with van der Waals surface area (Å²) in [5.74, 6) is 0.562. The van der Waals surface area contributed by atoms with Crippen LogP contribution in [0.2, 0.25) is 5.28 Å². The fourth-order valence-corrected chi connectivity index (χ4v) is 7.61. The van der Waals surface area contributed by atoms with Gasteiger partial charge < -0.3 is 15.4 Å². The summed E-state index contributed by atoms with van der Waals surface area (Å²) in [7, 11) is -3.04. The minimum atomic E-state index is -3.04. The Kier molecular flexibility index (Phi) is 6.33. The average Bonchev–Trinajstić information content (AvgIpc) is 3.18. The largest absolute Gasteiger partial charge is 0.418 e. The lowest BCUT2D eigenvalue weighted by Crippen LogP contribution is -2.46. The maximum absolute atomic E-state index is 12.7. The Morgan fingerprint density at radius 2 is 2.05 bits per heavy atom. The van der Waals surface area contributed by atoms with Crippen LogP contribution in [0.5, 0.6) is 11.8 Å². The number of anilines is 1. The molecule has 2 aliphatic heterocycles. The summed E-state index contributed by atoms with van der Waals surface area (Å²) >= 11 is 7.49. The Hall–Kier alpha value is -3.13. The SMILES string of the molecule is CC1CS(=O)(=O)CCN1Cc1cnc(Cl)nc1Oc1cnc2c(ccc3sc4c(c32)NC[C@@H](C)NC4=O)n1. The van der Waals surface area contributed by atoms with Crippen LogP contribution in [0.15, 0.2) is 24.5 Å². The van der Waals surface area contributed by atoms with Gasteiger partial charge in [-0.2, -0.15) is 4.98 Å². The average molecular weight is 574 g/mol. The molecule has 2 aliphatic rings. The molecule has 0 saturated carbocycles. The highest BCUT2D eigenvalue weighted by Crippen LogP contribution is 2.40. The Morgan fingerprint density at radius 1 is 1.21 bits per heavy atom. The predicted molar refractivity (Wildman–Crippen MR) is 146 cm³/mol. The zero-order valence-corrected chi connectivity index (χ0v) is 23.0. The molecule has 1 fully saturated rings. The van der Waals surface area contributed by atoms with Crippen molar-refractivity contribution in [2.45, 2.75) is 32.5 Å². The van der Waals surface area contributed by atoms with Gasteiger partial charge in [0.2, 0.25) is 17.0 Å². The molecule has 6 rings (SSSR count). The maximum atomic E-state index is 12.7. The highest BCUT2D eigenvalue weighted by molar-refractivity contribution is 7.91. The molecule has 1 unspecified atom stereocenters. The molecule has 0 spiro atoms. The number of carbonyl (C=O) groups excluding carboxylic acids is 1. The number of nitrogens with one attached hydrogen (secondary N) is 2. The zero-order chi connectivity index (χ0) is 26.6. The monoisotopic (exact) mass is 573 g/mol. The molecule has 2 N–H and O–H groups in total. The summed E-state index contributed by atoms with van der Waals surface area (Å²) in [4.78, 5) is 33.0. The molecule has 1 aromatic carbocycles. The number of carbonyl (C=O) groups is 1. The number of aromatic nitrogens is 4. The second-order valence-corrected chi connectivity index (χ2v) is 13.2. The Balaban J connectivity index is 1.32. The summed E-state index contributed by atoms with van der Waals surface area (Å²) < 4.78 is 30.9. The van der Waals surface area contributed by atoms with Gasteiger partial charge in [0.15, 0.2) is 9.84 Å². The number of amides is 1. The number of hydrogen-bond donors (Lipinski definition) is 2. The van der Waals surface area contributed by atoms with Crippen LogP contribution >= 0.6 is 22.9 Å². The molecule has 0 bridgehead atoms. The van der Waals surface area contributed by atoms with Gasteiger partial charge in [0.1, 0.15) is 4.88 Å². The molecule has 0 radical (unpaired) electrons. The van der Waals surface area contributed by atoms with E-state index >= 15 is 0 Å². The summed E-state index contributed by atoms with van der Waals surface area (Å²) in [5.41, 5.74) is 2.69. The number of rotatable bonds is 4. The van der Waals surface area contributed by atoms with Gasteiger partial charge in [-0.1, -0.05) is 0 Å². The Bertz CT molecular complexity index is 1690. The smallest absolute Gasteiger partial charge is 0.263 e. The fraction of sp³-hybridized carbons (Fsp3) is 0.375. The minimum absolute atomic E-state index is 0.00409. The van der Waals surface area contributed by atoms with E-state index in [9.17, 15) is 13.2 Å². The lowest BCUT2D eigenvalue weighted by Gasteiger charge is -2.33. The first-order valence-electron chi connectivity index (χ1n) is 12.1. The number of sulfone groups is 1. The number of thiophene rings is 1. The number of halogens is 1. The topological polar surface area (TPSA) is 139 Å². The third kappa shape index (κ3) is 4.75. The van der Waals surface area contributed by atoms with Crippen molar-refractivity contribution in [2.24, 2.45) is 0 Å². The van der Waals surface area contributed by atoms with Gasteiger partial charge in [-0.25, -0.2) is 23.4 Å². The highest BCUT2D eigenvalue weighted by Gasteiger charge is 2.29. The van der Waals surface area contributed by atoms with Crippen LogP contribution in [-0.2, 0) is 16.4 Å². The Morgan fingerprint density at radius 3 is 2.87 bits per heavy atom. The van der Waals surface area contributed by atoms with Crippen molar-refractivity contribution in [1.82, 2.24) is 30.2 Å². The van der Waals surface area contributed by atoms with E-state index in [1.165, 1.54) is 17.5 Å². The highest BCUT2D eigenvalue weighted by atomic mass is 35.5. The lowest BCUT2D eigenvalue weighted by atomic mass is 10.1. The number of benzene rings is 1. The first kappa shape index (κ1) is 25.2. The minimum Gasteiger partial charge on any atom is -0.418 e. The van der Waals surface area contributed by atoms with Crippen LogP contribution in [0.25, 0.3) is 21.1 Å². The third-order valence-corrected chi connectivity index (χ3v) is 9.82. The summed E-state index contributed by atoms with van der Waals surface area (Å²) in [5, 5.41) is 7.25. The van der Waals surface area contributed by atoms with E-state index in [0.29, 0.717) is 41.1 Å². The summed E-state index contributed by atoms with van der Waals surface area (Å²) in [6.45, 7) is 5.25. The van der Waals surface area contributed by atoms with Gasteiger partial charge >= 0.3 is 0 Å². The van der Waals surface area contributed by atoms with Gasteiger partial charge in [0.05, 0.1) is 34.4 Å². The van der Waals surface area contributed by atoms with Crippen LogP contribution in [0.1, 0.15) is 29.1 Å². The van der Waals surface area contributed by atoms with Crippen LogP contribution in [0, 0.1) is 0 Å². The van der Waals surface area contributed by atoms with Crippen molar-refractivity contribution in [1.29, 1.82) is 0 Å². The molecular weight excluding hydrogens is 550 g/mol. The van der Waals surface area contributed by atoms with Gasteiger partial charge in [-0.05, 0) is 37.6 Å². The maximum Gasteiger partial charge on any atom is 0.263 e. The van der Waals surface area contributed by atoms with Gasteiger partial charge in [-0.15, -0.1) is 11.3 Å². The zero-order valence-electron chi connectivity index (χ0n) is 20.6. The quantitative estimate of drug-likeness (QED) is 0.350. The number of hydrogen-bond acceptors (Lipinski definition) is 11. The molecule has 4 aromatic rings. The first-order chi connectivity index (χ1) is 18.2. The Labute approximate surface area is 227 Å². The number of fused-ring (bicyclic) bond motifs is 5. The van der Waals surface area contributed by atoms with E-state index in [1.54, 1.807) is 6.20 Å². The standard InChI is InChI=1S/C24H24ClN7O4S2/c1-12-7-26-20-18-16(37-21(20)22(33)29-12)4-3-15-19(18)27-9-17(30-15)36-23-14(8-28-24(25)31-23)10-32-5-6-38(34,35)11-13(32)2/h3-4,8-9,12-13,26H,5-7,10-11H2,1-2H3,(H,29,33)/t12-,13?/m1/s1. The van der Waals surface area contributed by atoms with Crippen LogP contribution in [0.4, 0.5) is 5.69 Å². The normalized spacial score (nSPS) is 21.5. The van der Waals surface area contributed by atoms with Crippen molar-refractivity contribution in [2.75, 3.05) is 29.9 Å². The summed E-state index contributed by atoms with van der Waals surface area (Å²) in [6.07, 6.45) is 3.10. The third-order valence-electron chi connectivity index (χ3n) is 6.69. The molecular formula is C24H24ClN7O4S2. The first-order valence-corrected chi connectivity index (χ1v) is 15.1. The van der Waals surface area contributed by atoms with Crippen LogP contribution < -0.4 is 15.4 Å². The summed E-state index contributed by atoms with van der Waals surface area (Å²) in [6, 6.07) is 3.62. The number of nitrogens with zero attached hydrogens (tertiary/aromatic N) is 5. The van der Waals surface area contributed by atoms with Crippen LogP contribution in [0.3, 0.4) is 0 Å². The molecule has 1 saturated heterocycles. The second-order valence-electron chi connectivity index (χ2n) is 9.58. The predicted octanol–water partition coefficient (Wildman–Crippen LogP) is 3.24. The van der Waals surface area contributed by atoms with E-state index in [2.05, 4.69) is 35.5 Å². The molecule has 198 valence electrons. The van der Waals surface area contributed by atoms with E-state index in [0.717, 1.165) is 15.8 Å². The van der Waals surface area contributed by atoms with Gasteiger partial charge in [0.25, 0.3) is 5.91 Å². The molecule has 1 amide bonds. The fourth-order valence-electron chi connectivity index (χ4n) is 4.78. The molecule has 0 aliphatic carbocycles. The van der Waals surface area contributed by atoms with E-state index in [4.69, 9.17) is 16.3 Å². The van der Waals surface area contributed by atoms with Gasteiger partial charge in [0, 0.05) is 53.6 Å². The molecule has 5 heterocycles. The molecule has 14 heteroatoms. The molecule has 38 heavy (non-hydrogen) atoms. The van der Waals surface area contributed by atoms with Crippen molar-refractivity contribution in [3.8, 4) is 11.8 Å². The second kappa shape index (κ2) is 9.56. The van der Waals surface area contributed by atoms with Gasteiger partial charge in [-0.3, -0.25) is 9.69 Å². The van der Waals surface area contributed by atoms with Crippen molar-refractivity contribution in [3.05, 3.63) is 40.3 Å². The molecule has 3 aromatic heterocycles. The van der Waals surface area contributed by atoms with Crippen molar-refractivity contribution in [3.63, 3.8) is 0 Å². The van der Waals surface area contributed by atoms with Crippen LogP contribution in [-0.4, -0.2) is 75.8 Å². The molecule has 2 atom stereocenters. The lowest BCUT2D eigenvalue weighted by molar-refractivity contribution is 0.0949.